The van der Waals surface area contributed by atoms with Crippen molar-refractivity contribution in [2.75, 3.05) is 5.32 Å². The van der Waals surface area contributed by atoms with Gasteiger partial charge in [0.05, 0.1) is 21.7 Å². The van der Waals surface area contributed by atoms with E-state index in [1.165, 1.54) is 4.68 Å². The van der Waals surface area contributed by atoms with Gasteiger partial charge in [-0.2, -0.15) is 0 Å². The highest BCUT2D eigenvalue weighted by Crippen LogP contribution is 2.36. The van der Waals surface area contributed by atoms with E-state index in [0.717, 1.165) is 17.4 Å². The number of hydrogen-bond donors (Lipinski definition) is 2. The molecule has 158 valence electrons. The van der Waals surface area contributed by atoms with Crippen molar-refractivity contribution in [1.82, 2.24) is 9.20 Å². The van der Waals surface area contributed by atoms with E-state index in [1.807, 2.05) is 6.92 Å². The van der Waals surface area contributed by atoms with E-state index >= 15 is 0 Å². The minimum absolute atomic E-state index is 0.000535. The molecular weight excluding hydrogens is 402 g/mol. The van der Waals surface area contributed by atoms with Crippen molar-refractivity contribution < 1.29 is 13.5 Å². The maximum Gasteiger partial charge on any atom is 0.278 e. The summed E-state index contributed by atoms with van der Waals surface area (Å²) in [5.74, 6) is -0.249. The van der Waals surface area contributed by atoms with Crippen LogP contribution in [0.2, 0.25) is 0 Å². The molecule has 2 aromatic heterocycles. The smallest absolute Gasteiger partial charge is 0.278 e. The number of benzene rings is 1. The largest absolute Gasteiger partial charge is 0.505 e. The first-order chi connectivity index (χ1) is 14.0. The van der Waals surface area contributed by atoms with E-state index in [-0.39, 0.29) is 27.3 Å². The Labute approximate surface area is 175 Å². The molecule has 0 unspecified atom stereocenters. The summed E-state index contributed by atoms with van der Waals surface area (Å²) < 4.78 is 28.9. The number of hydrogen-bond acceptors (Lipinski definition) is 5. The second kappa shape index (κ2) is 6.77. The Balaban J connectivity index is 1.93. The van der Waals surface area contributed by atoms with Gasteiger partial charge in [0.2, 0.25) is 9.84 Å². The molecule has 7 nitrogen and oxygen atoms in total. The summed E-state index contributed by atoms with van der Waals surface area (Å²) in [6.45, 7) is 8.50. The van der Waals surface area contributed by atoms with Crippen LogP contribution in [0.1, 0.15) is 38.3 Å². The first-order valence-corrected chi connectivity index (χ1v) is 11.3. The summed E-state index contributed by atoms with van der Waals surface area (Å²) in [5, 5.41) is 14.9. The van der Waals surface area contributed by atoms with Crippen molar-refractivity contribution in [2.24, 2.45) is 5.41 Å². The van der Waals surface area contributed by atoms with Crippen molar-refractivity contribution in [3.05, 3.63) is 63.4 Å². The normalized spacial score (nSPS) is 15.5. The minimum Gasteiger partial charge on any atom is -0.505 e. The molecule has 0 bridgehead atoms. The monoisotopic (exact) mass is 427 g/mol. The Morgan fingerprint density at radius 3 is 2.60 bits per heavy atom. The van der Waals surface area contributed by atoms with Crippen LogP contribution < -0.4 is 10.9 Å². The lowest BCUT2D eigenvalue weighted by Gasteiger charge is -2.23. The molecule has 0 spiro atoms. The van der Waals surface area contributed by atoms with Gasteiger partial charge in [-0.25, -0.2) is 13.1 Å². The summed E-state index contributed by atoms with van der Waals surface area (Å²) in [4.78, 5) is 13.6. The number of anilines is 1. The van der Waals surface area contributed by atoms with Gasteiger partial charge in [-0.1, -0.05) is 26.8 Å². The van der Waals surface area contributed by atoms with Gasteiger partial charge in [-0.15, -0.1) is 0 Å². The molecule has 0 aliphatic carbocycles. The highest BCUT2D eigenvalue weighted by molar-refractivity contribution is 7.94. The van der Waals surface area contributed by atoms with Crippen molar-refractivity contribution in [1.29, 1.82) is 0 Å². The Morgan fingerprint density at radius 1 is 1.17 bits per heavy atom. The van der Waals surface area contributed by atoms with Crippen LogP contribution >= 0.6 is 0 Å². The molecule has 0 radical (unpaired) electrons. The van der Waals surface area contributed by atoms with Crippen LogP contribution in [0.5, 0.6) is 5.75 Å². The zero-order valence-corrected chi connectivity index (χ0v) is 18.2. The van der Waals surface area contributed by atoms with Crippen molar-refractivity contribution in [2.45, 2.75) is 45.6 Å². The molecule has 0 saturated heterocycles. The van der Waals surface area contributed by atoms with Crippen molar-refractivity contribution >= 4 is 26.7 Å². The molecule has 2 N–H and O–H groups in total. The SMILES string of the molecule is Cc1ccc2c(c1)S(=O)(=O)C=C(c1c(O)c3cccn3n(CCC(C)(C)C)c1=O)N2. The molecule has 3 heterocycles. The van der Waals surface area contributed by atoms with Gasteiger partial charge in [0.15, 0.2) is 5.75 Å². The van der Waals surface area contributed by atoms with Gasteiger partial charge in [0, 0.05) is 12.7 Å². The fourth-order valence-corrected chi connectivity index (χ4v) is 4.99. The number of aromatic hydroxyl groups is 1. The maximum absolute atomic E-state index is 13.4. The third kappa shape index (κ3) is 3.41. The van der Waals surface area contributed by atoms with E-state index in [9.17, 15) is 18.3 Å². The average Bonchev–Trinajstić information content (AvgIpc) is 3.11. The minimum atomic E-state index is -3.77. The summed E-state index contributed by atoms with van der Waals surface area (Å²) >= 11 is 0. The highest BCUT2D eigenvalue weighted by atomic mass is 32.2. The molecule has 4 rings (SSSR count). The molecule has 8 heteroatoms. The topological polar surface area (TPSA) is 92.8 Å². The number of nitrogens with zero attached hydrogens (tertiary/aromatic N) is 2. The van der Waals surface area contributed by atoms with Crippen LogP contribution in [-0.2, 0) is 16.4 Å². The number of sulfone groups is 1. The Hall–Kier alpha value is -3.00. The fourth-order valence-electron chi connectivity index (χ4n) is 3.60. The van der Waals surface area contributed by atoms with Gasteiger partial charge < -0.3 is 10.4 Å². The van der Waals surface area contributed by atoms with Crippen LogP contribution in [-0.4, -0.2) is 22.7 Å². The summed E-state index contributed by atoms with van der Waals surface area (Å²) in [5.41, 5.74) is 1.20. The molecule has 0 saturated carbocycles. The Kier molecular flexibility index (Phi) is 4.58. The lowest BCUT2D eigenvalue weighted by atomic mass is 9.92. The third-order valence-corrected chi connectivity index (χ3v) is 6.74. The molecule has 0 atom stereocenters. The molecule has 30 heavy (non-hydrogen) atoms. The van der Waals surface area contributed by atoms with Gasteiger partial charge in [-0.05, 0) is 48.6 Å². The predicted molar refractivity (Wildman–Crippen MR) is 117 cm³/mol. The van der Waals surface area contributed by atoms with Crippen LogP contribution in [0, 0.1) is 12.3 Å². The van der Waals surface area contributed by atoms with Gasteiger partial charge in [-0.3, -0.25) is 9.31 Å². The molecule has 1 aliphatic heterocycles. The van der Waals surface area contributed by atoms with Crippen molar-refractivity contribution in [3.8, 4) is 5.75 Å². The fraction of sp³-hybridized carbons (Fsp3) is 0.318. The lowest BCUT2D eigenvalue weighted by Crippen LogP contribution is -2.31. The summed E-state index contributed by atoms with van der Waals surface area (Å²) in [6, 6.07) is 8.48. The van der Waals surface area contributed by atoms with Crippen molar-refractivity contribution in [3.63, 3.8) is 0 Å². The third-order valence-electron chi connectivity index (χ3n) is 5.24. The Bertz CT molecular complexity index is 1360. The van der Waals surface area contributed by atoms with E-state index in [4.69, 9.17) is 0 Å². The summed E-state index contributed by atoms with van der Waals surface area (Å²) in [7, 11) is -3.77. The molecule has 3 aromatic rings. The van der Waals surface area contributed by atoms with E-state index in [1.54, 1.807) is 41.0 Å². The zero-order chi connectivity index (χ0) is 21.8. The van der Waals surface area contributed by atoms with Crippen LogP contribution in [0.3, 0.4) is 0 Å². The standard InChI is InChI=1S/C22H25N3O4S/c1-14-7-8-15-18(12-14)30(28,29)13-16(23-15)19-20(26)17-6-5-10-24(17)25(21(19)27)11-9-22(2,3)4/h5-8,10,12-13,23,26H,9,11H2,1-4H3. The van der Waals surface area contributed by atoms with E-state index < -0.39 is 15.4 Å². The second-order valence-electron chi connectivity index (χ2n) is 8.90. The van der Waals surface area contributed by atoms with E-state index in [2.05, 4.69) is 26.1 Å². The molecule has 0 amide bonds. The molecular formula is C22H25N3O4S. The molecule has 0 fully saturated rings. The van der Waals surface area contributed by atoms with Crippen LogP contribution in [0.25, 0.3) is 11.2 Å². The van der Waals surface area contributed by atoms with Gasteiger partial charge in [0.1, 0.15) is 11.1 Å². The lowest BCUT2D eigenvalue weighted by molar-refractivity contribution is 0.330. The van der Waals surface area contributed by atoms with Gasteiger partial charge in [0.25, 0.3) is 5.56 Å². The first kappa shape index (κ1) is 20.3. The number of fused-ring (bicyclic) bond motifs is 2. The predicted octanol–water partition coefficient (Wildman–Crippen LogP) is 3.75. The van der Waals surface area contributed by atoms with Crippen LogP contribution in [0.4, 0.5) is 5.69 Å². The maximum atomic E-state index is 13.4. The second-order valence-corrected chi connectivity index (χ2v) is 10.7. The number of rotatable bonds is 3. The Morgan fingerprint density at radius 2 is 1.90 bits per heavy atom. The quantitative estimate of drug-likeness (QED) is 0.664. The number of nitrogens with one attached hydrogen (secondary N) is 1. The van der Waals surface area contributed by atoms with E-state index in [0.29, 0.717) is 17.7 Å². The number of aryl methyl sites for hydroxylation is 2. The summed E-state index contributed by atoms with van der Waals surface area (Å²) in [6.07, 6.45) is 2.44. The zero-order valence-electron chi connectivity index (χ0n) is 17.4. The molecule has 1 aliphatic rings. The van der Waals surface area contributed by atoms with Crippen LogP contribution in [0.15, 0.2) is 51.6 Å². The van der Waals surface area contributed by atoms with Gasteiger partial charge >= 0.3 is 0 Å². The number of aromatic nitrogens is 2. The molecule has 1 aromatic carbocycles. The average molecular weight is 428 g/mol. The first-order valence-electron chi connectivity index (χ1n) is 9.76. The highest BCUT2D eigenvalue weighted by Gasteiger charge is 2.28.